The van der Waals surface area contributed by atoms with Gasteiger partial charge in [-0.05, 0) is 42.3 Å². The fourth-order valence-electron chi connectivity index (χ4n) is 3.23. The van der Waals surface area contributed by atoms with Gasteiger partial charge in [-0.3, -0.25) is 14.5 Å². The van der Waals surface area contributed by atoms with Gasteiger partial charge in [0.15, 0.2) is 0 Å². The Bertz CT molecular complexity index is 866. The summed E-state index contributed by atoms with van der Waals surface area (Å²) in [5.74, 6) is -2.50. The molecule has 1 heterocycles. The SMILES string of the molecule is CC(=O)N(c1ccc(Cl)cc1)C(CC1C(=O)Nc2ccccc21)C(=O)O. The maximum Gasteiger partial charge on any atom is 0.326 e. The first-order chi connectivity index (χ1) is 12.4. The molecular formula is C19H17ClN2O4. The summed E-state index contributed by atoms with van der Waals surface area (Å²) in [4.78, 5) is 37.7. The largest absolute Gasteiger partial charge is 0.480 e. The molecule has 2 aromatic rings. The van der Waals surface area contributed by atoms with E-state index in [-0.39, 0.29) is 12.3 Å². The van der Waals surface area contributed by atoms with Crippen LogP contribution in [-0.2, 0) is 14.4 Å². The first kappa shape index (κ1) is 17.9. The number of nitrogens with one attached hydrogen (secondary N) is 1. The van der Waals surface area contributed by atoms with Gasteiger partial charge in [-0.1, -0.05) is 29.8 Å². The van der Waals surface area contributed by atoms with E-state index in [9.17, 15) is 19.5 Å². The second kappa shape index (κ2) is 7.17. The monoisotopic (exact) mass is 372 g/mol. The van der Waals surface area contributed by atoms with Gasteiger partial charge in [0.1, 0.15) is 6.04 Å². The number of hydrogen-bond donors (Lipinski definition) is 2. The highest BCUT2D eigenvalue weighted by Gasteiger charge is 2.38. The fourth-order valence-corrected chi connectivity index (χ4v) is 3.36. The highest BCUT2D eigenvalue weighted by atomic mass is 35.5. The minimum Gasteiger partial charge on any atom is -0.480 e. The lowest BCUT2D eigenvalue weighted by Crippen LogP contribution is -2.45. The lowest BCUT2D eigenvalue weighted by Gasteiger charge is -2.29. The Hall–Kier alpha value is -2.86. The molecule has 0 fully saturated rings. The summed E-state index contributed by atoms with van der Waals surface area (Å²) < 4.78 is 0. The molecule has 2 amide bonds. The molecule has 6 nitrogen and oxygen atoms in total. The summed E-state index contributed by atoms with van der Waals surface area (Å²) in [6.07, 6.45) is -0.0274. The van der Waals surface area contributed by atoms with Crippen molar-refractivity contribution in [2.24, 2.45) is 0 Å². The quantitative estimate of drug-likeness (QED) is 0.843. The predicted octanol–water partition coefficient (Wildman–Crippen LogP) is 3.27. The Morgan fingerprint density at radius 2 is 1.85 bits per heavy atom. The maximum atomic E-state index is 12.3. The molecule has 0 aliphatic carbocycles. The van der Waals surface area contributed by atoms with E-state index in [1.807, 2.05) is 0 Å². The van der Waals surface area contributed by atoms with E-state index in [1.54, 1.807) is 48.5 Å². The number of carbonyl (C=O) groups is 3. The average molecular weight is 373 g/mol. The van der Waals surface area contributed by atoms with Crippen molar-refractivity contribution >= 4 is 40.8 Å². The summed E-state index contributed by atoms with van der Waals surface area (Å²) >= 11 is 5.88. The summed E-state index contributed by atoms with van der Waals surface area (Å²) in [7, 11) is 0. The van der Waals surface area contributed by atoms with Gasteiger partial charge in [-0.2, -0.15) is 0 Å². The summed E-state index contributed by atoms with van der Waals surface area (Å²) in [5, 5.41) is 13.0. The smallest absolute Gasteiger partial charge is 0.326 e. The van der Waals surface area contributed by atoms with Crippen LogP contribution in [0.2, 0.25) is 5.02 Å². The number of rotatable bonds is 5. The minimum absolute atomic E-state index is 0.0274. The van der Waals surface area contributed by atoms with Crippen molar-refractivity contribution < 1.29 is 19.5 Å². The molecule has 2 aromatic carbocycles. The van der Waals surface area contributed by atoms with Crippen molar-refractivity contribution in [1.82, 2.24) is 0 Å². The molecule has 1 aliphatic rings. The Morgan fingerprint density at radius 1 is 1.19 bits per heavy atom. The number of hydrogen-bond acceptors (Lipinski definition) is 3. The van der Waals surface area contributed by atoms with Crippen LogP contribution in [0.15, 0.2) is 48.5 Å². The Labute approximate surface area is 155 Å². The third-order valence-corrected chi connectivity index (χ3v) is 4.66. The Morgan fingerprint density at radius 3 is 2.46 bits per heavy atom. The Balaban J connectivity index is 1.95. The van der Waals surface area contributed by atoms with Crippen LogP contribution in [-0.4, -0.2) is 28.9 Å². The number of nitrogens with zero attached hydrogens (tertiary/aromatic N) is 1. The van der Waals surface area contributed by atoms with Gasteiger partial charge in [0.25, 0.3) is 0 Å². The van der Waals surface area contributed by atoms with Crippen molar-refractivity contribution in [1.29, 1.82) is 0 Å². The van der Waals surface area contributed by atoms with Crippen LogP contribution < -0.4 is 10.2 Å². The summed E-state index contributed by atoms with van der Waals surface area (Å²) in [6, 6.07) is 12.3. The first-order valence-electron chi connectivity index (χ1n) is 8.06. The van der Waals surface area contributed by atoms with E-state index in [0.717, 1.165) is 5.56 Å². The van der Waals surface area contributed by atoms with Gasteiger partial charge in [0.2, 0.25) is 11.8 Å². The van der Waals surface area contributed by atoms with Crippen LogP contribution in [0.25, 0.3) is 0 Å². The third kappa shape index (κ3) is 3.41. The Kier molecular flexibility index (Phi) is 4.95. The molecule has 0 saturated carbocycles. The van der Waals surface area contributed by atoms with Crippen LogP contribution in [0.3, 0.4) is 0 Å². The van der Waals surface area contributed by atoms with Crippen molar-refractivity contribution in [3.05, 3.63) is 59.1 Å². The highest BCUT2D eigenvalue weighted by Crippen LogP contribution is 2.36. The molecule has 0 aromatic heterocycles. The molecule has 2 unspecified atom stereocenters. The van der Waals surface area contributed by atoms with E-state index in [2.05, 4.69) is 5.32 Å². The molecule has 26 heavy (non-hydrogen) atoms. The van der Waals surface area contributed by atoms with E-state index in [0.29, 0.717) is 16.4 Å². The van der Waals surface area contributed by atoms with Gasteiger partial charge >= 0.3 is 5.97 Å². The van der Waals surface area contributed by atoms with Gasteiger partial charge in [-0.25, -0.2) is 4.79 Å². The van der Waals surface area contributed by atoms with E-state index < -0.39 is 23.8 Å². The number of para-hydroxylation sites is 1. The molecule has 2 N–H and O–H groups in total. The van der Waals surface area contributed by atoms with Gasteiger partial charge in [0, 0.05) is 23.3 Å². The van der Waals surface area contributed by atoms with Crippen LogP contribution >= 0.6 is 11.6 Å². The fraction of sp³-hybridized carbons (Fsp3) is 0.211. The zero-order chi connectivity index (χ0) is 18.8. The number of carboxylic acids is 1. The first-order valence-corrected chi connectivity index (χ1v) is 8.44. The maximum absolute atomic E-state index is 12.3. The predicted molar refractivity (Wildman–Crippen MR) is 98.5 cm³/mol. The summed E-state index contributed by atoms with van der Waals surface area (Å²) in [5.41, 5.74) is 1.83. The molecule has 0 bridgehead atoms. The van der Waals surface area contributed by atoms with E-state index in [1.165, 1.54) is 11.8 Å². The van der Waals surface area contributed by atoms with E-state index in [4.69, 9.17) is 11.6 Å². The van der Waals surface area contributed by atoms with Gasteiger partial charge in [-0.15, -0.1) is 0 Å². The second-order valence-corrected chi connectivity index (χ2v) is 6.52. The molecule has 134 valence electrons. The van der Waals surface area contributed by atoms with E-state index >= 15 is 0 Å². The van der Waals surface area contributed by atoms with Gasteiger partial charge in [0.05, 0.1) is 5.92 Å². The third-order valence-electron chi connectivity index (χ3n) is 4.41. The molecule has 0 radical (unpaired) electrons. The van der Waals surface area contributed by atoms with Crippen LogP contribution in [0.1, 0.15) is 24.8 Å². The van der Waals surface area contributed by atoms with Crippen molar-refractivity contribution in [3.8, 4) is 0 Å². The number of amides is 2. The zero-order valence-electron chi connectivity index (χ0n) is 14.0. The number of anilines is 2. The molecule has 7 heteroatoms. The number of halogens is 1. The topological polar surface area (TPSA) is 86.7 Å². The highest BCUT2D eigenvalue weighted by molar-refractivity contribution is 6.30. The second-order valence-electron chi connectivity index (χ2n) is 6.08. The zero-order valence-corrected chi connectivity index (χ0v) is 14.7. The molecule has 0 spiro atoms. The van der Waals surface area contributed by atoms with Crippen molar-refractivity contribution in [2.75, 3.05) is 10.2 Å². The number of carbonyl (C=O) groups excluding carboxylic acids is 2. The normalized spacial score (nSPS) is 16.5. The molecule has 0 saturated heterocycles. The van der Waals surface area contributed by atoms with Gasteiger partial charge < -0.3 is 10.4 Å². The lowest BCUT2D eigenvalue weighted by atomic mass is 9.92. The van der Waals surface area contributed by atoms with Crippen LogP contribution in [0.4, 0.5) is 11.4 Å². The average Bonchev–Trinajstić information content (AvgIpc) is 2.91. The number of carboxylic acid groups (broad SMARTS) is 1. The van der Waals surface area contributed by atoms with Crippen LogP contribution in [0.5, 0.6) is 0 Å². The molecule has 1 aliphatic heterocycles. The summed E-state index contributed by atoms with van der Waals surface area (Å²) in [6.45, 7) is 1.30. The van der Waals surface area contributed by atoms with Crippen LogP contribution in [0, 0.1) is 0 Å². The molecular weight excluding hydrogens is 356 g/mol. The number of benzene rings is 2. The standard InChI is InChI=1S/C19H17ClN2O4/c1-11(23)22(13-8-6-12(20)7-9-13)17(19(25)26)10-15-14-4-2-3-5-16(14)21-18(15)24/h2-9,15,17H,10H2,1H3,(H,21,24)(H,25,26). The molecule has 2 atom stereocenters. The lowest BCUT2D eigenvalue weighted by molar-refractivity contribution is -0.140. The minimum atomic E-state index is -1.18. The van der Waals surface area contributed by atoms with Crippen molar-refractivity contribution in [2.45, 2.75) is 25.3 Å². The van der Waals surface area contributed by atoms with Crippen molar-refractivity contribution in [3.63, 3.8) is 0 Å². The molecule has 3 rings (SSSR count). The number of fused-ring (bicyclic) bond motifs is 1. The number of aliphatic carboxylic acids is 1.